The Labute approximate surface area is 381 Å². The lowest BCUT2D eigenvalue weighted by Crippen LogP contribution is -2.15. The Balaban J connectivity index is 0.00000123. The molecule has 2 nitrogen and oxygen atoms in total. The molecule has 1 aliphatic carbocycles. The van der Waals surface area contributed by atoms with Gasteiger partial charge in [-0.15, -0.1) is 11.3 Å². The smallest absolute Gasteiger partial charge is 0.0555 e. The van der Waals surface area contributed by atoms with E-state index >= 15 is 0 Å². The maximum Gasteiger partial charge on any atom is 0.0555 e. The van der Waals surface area contributed by atoms with Gasteiger partial charge in [-0.3, -0.25) is 0 Å². The molecule has 0 atom stereocenters. The zero-order valence-corrected chi connectivity index (χ0v) is 39.9. The summed E-state index contributed by atoms with van der Waals surface area (Å²) >= 11 is 3.82. The Morgan fingerprint density at radius 3 is 1.87 bits per heavy atom. The van der Waals surface area contributed by atoms with E-state index in [2.05, 4.69) is 195 Å². The summed E-state index contributed by atoms with van der Waals surface area (Å²) in [6, 6.07) is 54.4. The molecule has 4 heteroatoms. The van der Waals surface area contributed by atoms with Crippen LogP contribution in [0.3, 0.4) is 0 Å². The first-order valence-electron chi connectivity index (χ1n) is 22.9. The minimum Gasteiger partial charge on any atom is -0.313 e. The summed E-state index contributed by atoms with van der Waals surface area (Å²) in [5.74, 6) is 0. The highest BCUT2D eigenvalue weighted by Crippen LogP contribution is 2.54. The highest BCUT2D eigenvalue weighted by Gasteiger charge is 2.38. The van der Waals surface area contributed by atoms with E-state index in [4.69, 9.17) is 0 Å². The van der Waals surface area contributed by atoms with Crippen LogP contribution in [-0.2, 0) is 11.8 Å². The van der Waals surface area contributed by atoms with Crippen molar-refractivity contribution in [1.82, 2.24) is 9.13 Å². The fourth-order valence-corrected chi connectivity index (χ4v) is 12.2. The summed E-state index contributed by atoms with van der Waals surface area (Å²) in [6.45, 7) is 19.7. The molecule has 0 N–H and O–H groups in total. The van der Waals surface area contributed by atoms with Crippen LogP contribution >= 0.6 is 23.1 Å². The molecule has 7 aromatic carbocycles. The Kier molecular flexibility index (Phi) is 11.7. The average Bonchev–Trinajstić information content (AvgIpc) is 4.01. The van der Waals surface area contributed by atoms with Gasteiger partial charge in [0.1, 0.15) is 0 Å². The first kappa shape index (κ1) is 42.5. The molecular formula is C59H58N2S2. The molecule has 10 aromatic rings. The van der Waals surface area contributed by atoms with E-state index < -0.39 is 0 Å². The SMILES string of the molecule is C/C(=C\CCCc1c(C)c2cc3c(cc2n1-c1ccccc1)C(C)(C)c1cc2c(cc1-3)c1c3sc4ccccc4c3ccc1n2-c1ccccc1)Sc1ccccc1C.CC.CC. The highest BCUT2D eigenvalue weighted by molar-refractivity contribution is 8.03. The number of thiophene rings is 1. The minimum absolute atomic E-state index is 0.186. The predicted molar refractivity (Wildman–Crippen MR) is 279 cm³/mol. The average molecular weight is 859 g/mol. The third-order valence-corrected chi connectivity index (χ3v) is 15.3. The first-order valence-corrected chi connectivity index (χ1v) is 24.5. The van der Waals surface area contributed by atoms with Crippen molar-refractivity contribution < 1.29 is 0 Å². The lowest BCUT2D eigenvalue weighted by atomic mass is 9.82. The molecule has 3 aromatic heterocycles. The van der Waals surface area contributed by atoms with E-state index in [0.717, 1.165) is 19.3 Å². The van der Waals surface area contributed by atoms with Gasteiger partial charge in [-0.05, 0) is 145 Å². The number of para-hydroxylation sites is 2. The number of allylic oxidation sites excluding steroid dienone is 2. The maximum atomic E-state index is 2.56. The molecular weight excluding hydrogens is 801 g/mol. The number of hydrogen-bond donors (Lipinski definition) is 0. The fraction of sp³-hybridized carbons (Fsp3) is 0.220. The molecule has 0 saturated heterocycles. The van der Waals surface area contributed by atoms with Gasteiger partial charge in [-0.1, -0.05) is 138 Å². The molecule has 3 heterocycles. The zero-order chi connectivity index (χ0) is 44.0. The number of thioether (sulfide) groups is 1. The van der Waals surface area contributed by atoms with Gasteiger partial charge in [0.05, 0.1) is 16.6 Å². The molecule has 316 valence electrons. The van der Waals surface area contributed by atoms with Crippen LogP contribution in [0.1, 0.15) is 89.3 Å². The standard InChI is InChI=1S/C55H46N2S2.2C2H6/c1-34-18-12-16-26-51(34)58-35(2)19-13-15-25-47-36(3)41-30-42-43-31-44-50(33-46(43)55(4,5)45(42)32-49(41)56(47)37-20-8-6-9-21-37)57(38-22-10-7-11-23-38)48-29-28-40-39-24-14-17-27-52(39)59-54(40)53(44)48;2*1-2/h6-12,14,16-24,26-33H,13,15,25H2,1-5H3;2*1-2H3/b35-19+;;. The molecule has 0 spiro atoms. The van der Waals surface area contributed by atoms with Crippen LogP contribution in [0.4, 0.5) is 0 Å². The molecule has 63 heavy (non-hydrogen) atoms. The maximum absolute atomic E-state index is 2.56. The third kappa shape index (κ3) is 7.12. The lowest BCUT2D eigenvalue weighted by Gasteiger charge is -2.22. The monoisotopic (exact) mass is 858 g/mol. The van der Waals surface area contributed by atoms with E-state index in [9.17, 15) is 0 Å². The topological polar surface area (TPSA) is 9.86 Å². The molecule has 0 unspecified atom stereocenters. The molecule has 0 amide bonds. The second-order valence-corrected chi connectivity index (χ2v) is 19.2. The lowest BCUT2D eigenvalue weighted by molar-refractivity contribution is 0.661. The van der Waals surface area contributed by atoms with Gasteiger partial charge >= 0.3 is 0 Å². The Morgan fingerprint density at radius 1 is 0.603 bits per heavy atom. The summed E-state index contributed by atoms with van der Waals surface area (Å²) in [5.41, 5.74) is 15.8. The quantitative estimate of drug-likeness (QED) is 0.109. The van der Waals surface area contributed by atoms with E-state index in [1.54, 1.807) is 0 Å². The zero-order valence-electron chi connectivity index (χ0n) is 38.3. The highest BCUT2D eigenvalue weighted by atomic mass is 32.2. The van der Waals surface area contributed by atoms with Crippen LogP contribution in [0.5, 0.6) is 0 Å². The van der Waals surface area contributed by atoms with Crippen molar-refractivity contribution in [2.24, 2.45) is 0 Å². The van der Waals surface area contributed by atoms with E-state index in [0.29, 0.717) is 0 Å². The van der Waals surface area contributed by atoms with Crippen LogP contribution in [0.15, 0.2) is 161 Å². The third-order valence-electron chi connectivity index (χ3n) is 13.0. The summed E-state index contributed by atoms with van der Waals surface area (Å²) in [5, 5.41) is 6.72. The molecule has 1 aliphatic rings. The van der Waals surface area contributed by atoms with Gasteiger partial charge in [-0.25, -0.2) is 0 Å². The molecule has 0 radical (unpaired) electrons. The fourth-order valence-electron chi connectivity index (χ4n) is 9.98. The first-order chi connectivity index (χ1) is 30.8. The minimum atomic E-state index is -0.186. The summed E-state index contributed by atoms with van der Waals surface area (Å²) in [4.78, 5) is 2.71. The van der Waals surface area contributed by atoms with E-state index in [1.165, 1.54) is 113 Å². The second-order valence-electron chi connectivity index (χ2n) is 16.9. The number of benzene rings is 7. The van der Waals surface area contributed by atoms with Crippen molar-refractivity contribution in [2.45, 2.75) is 91.9 Å². The molecule has 0 aliphatic heterocycles. The Hall–Kier alpha value is -5.81. The van der Waals surface area contributed by atoms with Crippen LogP contribution in [0.2, 0.25) is 0 Å². The van der Waals surface area contributed by atoms with Crippen LogP contribution in [-0.4, -0.2) is 9.13 Å². The van der Waals surface area contributed by atoms with Gasteiger partial charge in [0.15, 0.2) is 0 Å². The molecule has 0 bridgehead atoms. The number of rotatable bonds is 8. The van der Waals surface area contributed by atoms with Crippen LogP contribution < -0.4 is 0 Å². The Morgan fingerprint density at radius 2 is 1.19 bits per heavy atom. The van der Waals surface area contributed by atoms with Crippen molar-refractivity contribution in [2.75, 3.05) is 0 Å². The van der Waals surface area contributed by atoms with E-state index in [1.807, 2.05) is 50.8 Å². The summed E-state index contributed by atoms with van der Waals surface area (Å²) in [7, 11) is 0. The number of aromatic nitrogens is 2. The molecule has 0 fully saturated rings. The summed E-state index contributed by atoms with van der Waals surface area (Å²) in [6.07, 6.45) is 5.60. The van der Waals surface area contributed by atoms with Gasteiger partial charge < -0.3 is 9.13 Å². The number of fused-ring (bicyclic) bond motifs is 11. The predicted octanol–water partition coefficient (Wildman–Crippen LogP) is 18.1. The Bertz CT molecular complexity index is 3320. The van der Waals surface area contributed by atoms with Crippen LogP contribution in [0, 0.1) is 13.8 Å². The van der Waals surface area contributed by atoms with Crippen molar-refractivity contribution in [3.63, 3.8) is 0 Å². The number of nitrogens with zero attached hydrogens (tertiary/aromatic N) is 2. The van der Waals surface area contributed by atoms with Crippen LogP contribution in [0.25, 0.3) is 75.4 Å². The number of aryl methyl sites for hydroxylation is 2. The van der Waals surface area contributed by atoms with Crippen molar-refractivity contribution in [1.29, 1.82) is 0 Å². The molecule has 11 rings (SSSR count). The molecule has 0 saturated carbocycles. The second kappa shape index (κ2) is 17.4. The van der Waals surface area contributed by atoms with Gasteiger partial charge in [0.25, 0.3) is 0 Å². The normalized spacial score (nSPS) is 13.0. The van der Waals surface area contributed by atoms with Gasteiger partial charge in [0, 0.05) is 63.7 Å². The van der Waals surface area contributed by atoms with Crippen molar-refractivity contribution >= 4 is 76.0 Å². The van der Waals surface area contributed by atoms with Crippen molar-refractivity contribution in [3.8, 4) is 22.5 Å². The summed E-state index contributed by atoms with van der Waals surface area (Å²) < 4.78 is 7.78. The van der Waals surface area contributed by atoms with Crippen molar-refractivity contribution in [3.05, 3.63) is 185 Å². The van der Waals surface area contributed by atoms with E-state index in [-0.39, 0.29) is 5.41 Å². The number of unbranched alkanes of at least 4 members (excludes halogenated alkanes) is 1. The van der Waals surface area contributed by atoms with Gasteiger partial charge in [-0.2, -0.15) is 0 Å². The number of hydrogen-bond acceptors (Lipinski definition) is 2. The largest absolute Gasteiger partial charge is 0.313 e. The van der Waals surface area contributed by atoms with Gasteiger partial charge in [0.2, 0.25) is 0 Å².